The van der Waals surface area contributed by atoms with Crippen molar-refractivity contribution in [3.63, 3.8) is 0 Å². The van der Waals surface area contributed by atoms with Gasteiger partial charge in [0.05, 0.1) is 11.0 Å². The van der Waals surface area contributed by atoms with E-state index in [0.29, 0.717) is 0 Å². The largest absolute Gasteiger partial charge is 0.484 e. The molecule has 0 saturated carbocycles. The Morgan fingerprint density at radius 3 is 2.95 bits per heavy atom. The summed E-state index contributed by atoms with van der Waals surface area (Å²) in [5.74, 6) is 2.81. The third-order valence-corrected chi connectivity index (χ3v) is 3.94. The van der Waals surface area contributed by atoms with Gasteiger partial charge in [0.1, 0.15) is 23.4 Å². The fourth-order valence-electron chi connectivity index (χ4n) is 2.40. The van der Waals surface area contributed by atoms with E-state index in [4.69, 9.17) is 9.15 Å². The van der Waals surface area contributed by atoms with Gasteiger partial charge in [-0.2, -0.15) is 0 Å². The van der Waals surface area contributed by atoms with Crippen LogP contribution in [0.4, 0.5) is 0 Å². The smallest absolute Gasteiger partial charge is 0.134 e. The molecule has 0 aliphatic carbocycles. The molecule has 2 heterocycles. The monoisotopic (exact) mass is 357 g/mol. The Balaban J connectivity index is 0.00000147. The standard InChI is InChI=1S/C15H16BrNO2.ClH/c1-10-8-11-13(6-7-17-9-15(11)18-10)19-14-5-3-2-4-12(14)16;/h2-5,8,13,17H,6-7,9H2,1H3;1H. The summed E-state index contributed by atoms with van der Waals surface area (Å²) in [6, 6.07) is 10.0. The van der Waals surface area contributed by atoms with Crippen LogP contribution in [0, 0.1) is 6.92 Å². The Hall–Kier alpha value is -0.970. The van der Waals surface area contributed by atoms with E-state index in [0.717, 1.165) is 41.3 Å². The molecule has 108 valence electrons. The van der Waals surface area contributed by atoms with Crippen molar-refractivity contribution in [2.75, 3.05) is 6.54 Å². The van der Waals surface area contributed by atoms with Crippen LogP contribution in [0.1, 0.15) is 29.6 Å². The van der Waals surface area contributed by atoms with Crippen LogP contribution in [0.5, 0.6) is 5.75 Å². The highest BCUT2D eigenvalue weighted by Gasteiger charge is 2.24. The molecule has 0 spiro atoms. The number of furan rings is 1. The van der Waals surface area contributed by atoms with E-state index in [9.17, 15) is 0 Å². The number of fused-ring (bicyclic) bond motifs is 1. The van der Waals surface area contributed by atoms with Crippen molar-refractivity contribution in [1.82, 2.24) is 5.32 Å². The molecule has 0 radical (unpaired) electrons. The highest BCUT2D eigenvalue weighted by molar-refractivity contribution is 9.10. The van der Waals surface area contributed by atoms with Crippen LogP contribution in [-0.2, 0) is 6.54 Å². The highest BCUT2D eigenvalue weighted by Crippen LogP contribution is 2.34. The summed E-state index contributed by atoms with van der Waals surface area (Å²) in [7, 11) is 0. The number of rotatable bonds is 2. The van der Waals surface area contributed by atoms with E-state index in [1.165, 1.54) is 5.56 Å². The summed E-state index contributed by atoms with van der Waals surface area (Å²) in [6.45, 7) is 3.68. The molecule has 1 aromatic carbocycles. The molecule has 1 atom stereocenters. The molecular formula is C15H17BrClNO2. The average Bonchev–Trinajstić information content (AvgIpc) is 2.67. The normalized spacial score (nSPS) is 17.8. The zero-order chi connectivity index (χ0) is 13.2. The number of benzene rings is 1. The zero-order valence-electron chi connectivity index (χ0n) is 11.2. The van der Waals surface area contributed by atoms with Crippen LogP contribution in [0.15, 0.2) is 39.2 Å². The summed E-state index contributed by atoms with van der Waals surface area (Å²) in [6.07, 6.45) is 0.981. The lowest BCUT2D eigenvalue weighted by atomic mass is 10.1. The zero-order valence-corrected chi connectivity index (χ0v) is 13.6. The molecule has 0 fully saturated rings. The minimum atomic E-state index is 0. The van der Waals surface area contributed by atoms with Crippen molar-refractivity contribution in [1.29, 1.82) is 0 Å². The van der Waals surface area contributed by atoms with Gasteiger partial charge in [0.2, 0.25) is 0 Å². The van der Waals surface area contributed by atoms with Gasteiger partial charge in [0, 0.05) is 12.0 Å². The fourth-order valence-corrected chi connectivity index (χ4v) is 2.78. The number of hydrogen-bond acceptors (Lipinski definition) is 3. The predicted octanol–water partition coefficient (Wildman–Crippen LogP) is 4.39. The summed E-state index contributed by atoms with van der Waals surface area (Å²) in [5, 5.41) is 3.36. The van der Waals surface area contributed by atoms with E-state index in [2.05, 4.69) is 27.3 Å². The van der Waals surface area contributed by atoms with Crippen molar-refractivity contribution in [3.05, 3.63) is 51.9 Å². The summed E-state index contributed by atoms with van der Waals surface area (Å²) < 4.78 is 12.9. The highest BCUT2D eigenvalue weighted by atomic mass is 79.9. The number of aryl methyl sites for hydroxylation is 1. The van der Waals surface area contributed by atoms with Gasteiger partial charge in [0.15, 0.2) is 0 Å². The maximum Gasteiger partial charge on any atom is 0.134 e. The van der Waals surface area contributed by atoms with Crippen molar-refractivity contribution in [2.45, 2.75) is 26.0 Å². The first-order valence-electron chi connectivity index (χ1n) is 6.45. The van der Waals surface area contributed by atoms with Crippen LogP contribution in [0.2, 0.25) is 0 Å². The second kappa shape index (κ2) is 6.66. The van der Waals surface area contributed by atoms with Gasteiger partial charge in [-0.3, -0.25) is 0 Å². The minimum absolute atomic E-state index is 0. The van der Waals surface area contributed by atoms with Crippen LogP contribution in [0.3, 0.4) is 0 Å². The Morgan fingerprint density at radius 2 is 2.15 bits per heavy atom. The van der Waals surface area contributed by atoms with Gasteiger partial charge in [-0.25, -0.2) is 0 Å². The lowest BCUT2D eigenvalue weighted by Crippen LogP contribution is -2.14. The Morgan fingerprint density at radius 1 is 1.35 bits per heavy atom. The van der Waals surface area contributed by atoms with E-state index in [1.54, 1.807) is 0 Å². The lowest BCUT2D eigenvalue weighted by molar-refractivity contribution is 0.195. The molecule has 0 bridgehead atoms. The maximum absolute atomic E-state index is 6.16. The quantitative estimate of drug-likeness (QED) is 0.865. The molecule has 5 heteroatoms. The van der Waals surface area contributed by atoms with Crippen molar-refractivity contribution in [3.8, 4) is 5.75 Å². The Bertz CT molecular complexity index is 585. The molecule has 0 amide bonds. The van der Waals surface area contributed by atoms with Gasteiger partial charge in [-0.05, 0) is 47.6 Å². The van der Waals surface area contributed by atoms with E-state index in [-0.39, 0.29) is 18.5 Å². The van der Waals surface area contributed by atoms with Crippen LogP contribution >= 0.6 is 28.3 Å². The number of nitrogens with one attached hydrogen (secondary N) is 1. The molecule has 0 saturated heterocycles. The van der Waals surface area contributed by atoms with E-state index in [1.807, 2.05) is 31.2 Å². The molecule has 1 N–H and O–H groups in total. The molecule has 3 rings (SSSR count). The van der Waals surface area contributed by atoms with E-state index < -0.39 is 0 Å². The van der Waals surface area contributed by atoms with Gasteiger partial charge in [-0.1, -0.05) is 12.1 Å². The lowest BCUT2D eigenvalue weighted by Gasteiger charge is -2.18. The van der Waals surface area contributed by atoms with E-state index >= 15 is 0 Å². The van der Waals surface area contributed by atoms with Crippen molar-refractivity contribution in [2.24, 2.45) is 0 Å². The number of hydrogen-bond donors (Lipinski definition) is 1. The van der Waals surface area contributed by atoms with Crippen LogP contribution < -0.4 is 10.1 Å². The maximum atomic E-state index is 6.16. The molecule has 1 unspecified atom stereocenters. The second-order valence-corrected chi connectivity index (χ2v) is 5.59. The Kier molecular flexibility index (Phi) is 5.13. The summed E-state index contributed by atoms with van der Waals surface area (Å²) in [4.78, 5) is 0. The Labute approximate surface area is 133 Å². The third-order valence-electron chi connectivity index (χ3n) is 3.29. The van der Waals surface area contributed by atoms with Crippen molar-refractivity contribution >= 4 is 28.3 Å². The van der Waals surface area contributed by atoms with Crippen LogP contribution in [0.25, 0.3) is 0 Å². The molecule has 1 aromatic heterocycles. The molecule has 2 aromatic rings. The third kappa shape index (κ3) is 3.19. The average molecular weight is 359 g/mol. The topological polar surface area (TPSA) is 34.4 Å². The van der Waals surface area contributed by atoms with Crippen molar-refractivity contribution < 1.29 is 9.15 Å². The second-order valence-electron chi connectivity index (χ2n) is 4.74. The first kappa shape index (κ1) is 15.4. The molecule has 1 aliphatic rings. The first-order valence-corrected chi connectivity index (χ1v) is 7.24. The number of ether oxygens (including phenoxy) is 1. The SMILES string of the molecule is Cc1cc2c(o1)CNCCC2Oc1ccccc1Br.Cl. The summed E-state index contributed by atoms with van der Waals surface area (Å²) >= 11 is 3.52. The molecule has 1 aliphatic heterocycles. The first-order chi connectivity index (χ1) is 9.24. The summed E-state index contributed by atoms with van der Waals surface area (Å²) in [5.41, 5.74) is 1.17. The molecule has 3 nitrogen and oxygen atoms in total. The predicted molar refractivity (Wildman–Crippen MR) is 84.5 cm³/mol. The molecular weight excluding hydrogens is 342 g/mol. The van der Waals surface area contributed by atoms with Gasteiger partial charge < -0.3 is 14.5 Å². The van der Waals surface area contributed by atoms with Gasteiger partial charge >= 0.3 is 0 Å². The number of halogens is 2. The fraction of sp³-hybridized carbons (Fsp3) is 0.333. The number of para-hydroxylation sites is 1. The van der Waals surface area contributed by atoms with Gasteiger partial charge in [0.25, 0.3) is 0 Å². The minimum Gasteiger partial charge on any atom is -0.484 e. The van der Waals surface area contributed by atoms with Crippen LogP contribution in [-0.4, -0.2) is 6.54 Å². The van der Waals surface area contributed by atoms with Gasteiger partial charge in [-0.15, -0.1) is 12.4 Å². The molecule has 20 heavy (non-hydrogen) atoms.